The third-order valence-corrected chi connectivity index (χ3v) is 2.00. The molecule has 0 aliphatic heterocycles. The molecule has 0 atom stereocenters. The molecule has 0 saturated carbocycles. The first-order valence-electron chi connectivity index (χ1n) is 5.07. The van der Waals surface area contributed by atoms with Crippen molar-refractivity contribution in [2.75, 3.05) is 24.3 Å². The van der Waals surface area contributed by atoms with Crippen LogP contribution in [0.3, 0.4) is 0 Å². The van der Waals surface area contributed by atoms with Crippen molar-refractivity contribution in [2.45, 2.75) is 0 Å². The first-order chi connectivity index (χ1) is 8.26. The monoisotopic (exact) mass is 252 g/mol. The molecule has 3 N–H and O–H groups in total. The summed E-state index contributed by atoms with van der Waals surface area (Å²) in [7, 11) is 0. The highest BCUT2D eigenvalue weighted by atomic mass is 35.5. The van der Waals surface area contributed by atoms with Crippen LogP contribution in [0.4, 0.5) is 10.5 Å². The smallest absolute Gasteiger partial charge is 0.319 e. The first kappa shape index (κ1) is 13.4. The van der Waals surface area contributed by atoms with Crippen LogP contribution in [0.25, 0.3) is 0 Å². The van der Waals surface area contributed by atoms with E-state index in [1.54, 1.807) is 24.3 Å². The lowest BCUT2D eigenvalue weighted by atomic mass is 10.2. The summed E-state index contributed by atoms with van der Waals surface area (Å²) < 4.78 is 0. The van der Waals surface area contributed by atoms with Crippen LogP contribution in [0, 0.1) is 11.8 Å². The zero-order chi connectivity index (χ0) is 12.5. The highest BCUT2D eigenvalue weighted by molar-refractivity contribution is 6.18. The molecule has 0 bridgehead atoms. The average Bonchev–Trinajstić information content (AvgIpc) is 2.34. The van der Waals surface area contributed by atoms with Gasteiger partial charge < -0.3 is 15.7 Å². The van der Waals surface area contributed by atoms with Crippen LogP contribution in [0.5, 0.6) is 0 Å². The van der Waals surface area contributed by atoms with Gasteiger partial charge >= 0.3 is 6.03 Å². The van der Waals surface area contributed by atoms with Crippen molar-refractivity contribution < 1.29 is 9.90 Å². The van der Waals surface area contributed by atoms with Gasteiger partial charge in [-0.2, -0.15) is 0 Å². The van der Waals surface area contributed by atoms with Gasteiger partial charge in [-0.15, -0.1) is 11.6 Å². The van der Waals surface area contributed by atoms with Gasteiger partial charge in [-0.3, -0.25) is 0 Å². The minimum Gasteiger partial charge on any atom is -0.384 e. The molecular formula is C12H13ClN2O2. The van der Waals surface area contributed by atoms with Crippen LogP contribution < -0.4 is 10.6 Å². The van der Waals surface area contributed by atoms with E-state index < -0.39 is 0 Å². The van der Waals surface area contributed by atoms with Crippen molar-refractivity contribution in [3.05, 3.63) is 29.8 Å². The molecule has 0 radical (unpaired) electrons. The van der Waals surface area contributed by atoms with Gasteiger partial charge in [-0.05, 0) is 18.2 Å². The van der Waals surface area contributed by atoms with Crippen molar-refractivity contribution >= 4 is 23.3 Å². The Labute approximate surface area is 105 Å². The maximum Gasteiger partial charge on any atom is 0.319 e. The number of halogens is 1. The number of amides is 2. The second-order valence-electron chi connectivity index (χ2n) is 3.11. The van der Waals surface area contributed by atoms with Crippen LogP contribution in [-0.2, 0) is 0 Å². The van der Waals surface area contributed by atoms with E-state index in [4.69, 9.17) is 16.7 Å². The lowest BCUT2D eigenvalue weighted by Crippen LogP contribution is -2.30. The highest BCUT2D eigenvalue weighted by Gasteiger charge is 2.00. The van der Waals surface area contributed by atoms with Gasteiger partial charge in [0.15, 0.2) is 0 Å². The molecule has 90 valence electrons. The Morgan fingerprint density at radius 1 is 1.47 bits per heavy atom. The summed E-state index contributed by atoms with van der Waals surface area (Å²) in [5.41, 5.74) is 1.37. The summed E-state index contributed by atoms with van der Waals surface area (Å²) in [6, 6.07) is 6.74. The summed E-state index contributed by atoms with van der Waals surface area (Å²) in [6.07, 6.45) is 0. The number of alkyl halides is 1. The zero-order valence-electron chi connectivity index (χ0n) is 9.16. The Hall–Kier alpha value is -1.70. The molecule has 0 aromatic heterocycles. The first-order valence-corrected chi connectivity index (χ1v) is 5.60. The number of carbonyl (C=O) groups excluding carboxylic acids is 1. The molecule has 0 aliphatic carbocycles. The minimum atomic E-state index is -0.307. The van der Waals surface area contributed by atoms with Crippen molar-refractivity contribution in [2.24, 2.45) is 0 Å². The van der Waals surface area contributed by atoms with Gasteiger partial charge in [0, 0.05) is 23.7 Å². The van der Waals surface area contributed by atoms with E-state index in [1.165, 1.54) is 0 Å². The second-order valence-corrected chi connectivity index (χ2v) is 3.49. The molecule has 0 aliphatic rings. The quantitative estimate of drug-likeness (QED) is 0.562. The van der Waals surface area contributed by atoms with Gasteiger partial charge in [-0.25, -0.2) is 4.79 Å². The Morgan fingerprint density at radius 2 is 2.29 bits per heavy atom. The van der Waals surface area contributed by atoms with Crippen molar-refractivity contribution in [1.82, 2.24) is 5.32 Å². The number of anilines is 1. The number of aliphatic hydroxyl groups is 1. The number of benzene rings is 1. The van der Waals surface area contributed by atoms with Gasteiger partial charge in [-0.1, -0.05) is 17.9 Å². The molecule has 0 heterocycles. The fraction of sp³-hybridized carbons (Fsp3) is 0.250. The molecule has 4 nitrogen and oxygen atoms in total. The van der Waals surface area contributed by atoms with Crippen LogP contribution in [0.1, 0.15) is 5.56 Å². The third kappa shape index (κ3) is 5.25. The molecule has 0 spiro atoms. The molecule has 5 heteroatoms. The highest BCUT2D eigenvalue weighted by Crippen LogP contribution is 2.09. The normalized spacial score (nSPS) is 9.06. The predicted molar refractivity (Wildman–Crippen MR) is 68.1 cm³/mol. The van der Waals surface area contributed by atoms with E-state index in [9.17, 15) is 4.79 Å². The number of rotatable bonds is 3. The molecule has 1 rings (SSSR count). The van der Waals surface area contributed by atoms with E-state index >= 15 is 0 Å². The molecule has 0 fully saturated rings. The molecule has 1 aromatic rings. The van der Waals surface area contributed by atoms with Gasteiger partial charge in [0.1, 0.15) is 6.61 Å². The maximum atomic E-state index is 11.3. The summed E-state index contributed by atoms with van der Waals surface area (Å²) in [4.78, 5) is 11.3. The second kappa shape index (κ2) is 7.55. The van der Waals surface area contributed by atoms with E-state index in [0.29, 0.717) is 18.1 Å². The molecule has 1 aromatic carbocycles. The Kier molecular flexibility index (Phi) is 5.94. The predicted octanol–water partition coefficient (Wildman–Crippen LogP) is 1.39. The van der Waals surface area contributed by atoms with Gasteiger partial charge in [0.05, 0.1) is 0 Å². The molecule has 2 amide bonds. The fourth-order valence-electron chi connectivity index (χ4n) is 1.15. The number of hydrogen-bond donors (Lipinski definition) is 3. The fourth-order valence-corrected chi connectivity index (χ4v) is 1.25. The number of nitrogens with one attached hydrogen (secondary N) is 2. The van der Waals surface area contributed by atoms with Crippen LogP contribution in [0.15, 0.2) is 24.3 Å². The number of carbonyl (C=O) groups is 1. The third-order valence-electron chi connectivity index (χ3n) is 1.81. The lowest BCUT2D eigenvalue weighted by Gasteiger charge is -2.06. The van der Waals surface area contributed by atoms with Crippen molar-refractivity contribution in [1.29, 1.82) is 0 Å². The number of urea groups is 1. The standard InChI is InChI=1S/C12H13ClN2O2/c13-6-7-14-12(17)15-11-5-1-3-10(9-11)4-2-8-16/h1,3,5,9,16H,6-8H2,(H2,14,15,17). The summed E-state index contributed by atoms with van der Waals surface area (Å²) in [5, 5.41) is 13.8. The molecule has 0 saturated heterocycles. The topological polar surface area (TPSA) is 61.4 Å². The van der Waals surface area contributed by atoms with Crippen LogP contribution in [0.2, 0.25) is 0 Å². The minimum absolute atomic E-state index is 0.187. The average molecular weight is 253 g/mol. The zero-order valence-corrected chi connectivity index (χ0v) is 9.92. The summed E-state index contributed by atoms with van der Waals surface area (Å²) in [6.45, 7) is 0.227. The van der Waals surface area contributed by atoms with Crippen LogP contribution >= 0.6 is 11.6 Å². The Balaban J connectivity index is 2.62. The van der Waals surface area contributed by atoms with E-state index in [-0.39, 0.29) is 12.6 Å². The lowest BCUT2D eigenvalue weighted by molar-refractivity contribution is 0.252. The Bertz CT molecular complexity index is 438. The molecule has 0 unspecified atom stereocenters. The summed E-state index contributed by atoms with van der Waals surface area (Å²) >= 11 is 5.45. The SMILES string of the molecule is O=C(NCCCl)Nc1cccc(C#CCO)c1. The van der Waals surface area contributed by atoms with Crippen molar-refractivity contribution in [3.63, 3.8) is 0 Å². The maximum absolute atomic E-state index is 11.3. The summed E-state index contributed by atoms with van der Waals surface area (Å²) in [5.74, 6) is 5.67. The molecular weight excluding hydrogens is 240 g/mol. The van der Waals surface area contributed by atoms with Crippen molar-refractivity contribution in [3.8, 4) is 11.8 Å². The largest absolute Gasteiger partial charge is 0.384 e. The number of aliphatic hydroxyl groups excluding tert-OH is 1. The van der Waals surface area contributed by atoms with E-state index in [0.717, 1.165) is 5.56 Å². The van der Waals surface area contributed by atoms with E-state index in [2.05, 4.69) is 22.5 Å². The Morgan fingerprint density at radius 3 is 3.00 bits per heavy atom. The van der Waals surface area contributed by atoms with Crippen LogP contribution in [-0.4, -0.2) is 30.2 Å². The molecule has 17 heavy (non-hydrogen) atoms. The van der Waals surface area contributed by atoms with Gasteiger partial charge in [0.2, 0.25) is 0 Å². The van der Waals surface area contributed by atoms with E-state index in [1.807, 2.05) is 0 Å². The number of hydrogen-bond acceptors (Lipinski definition) is 2. The van der Waals surface area contributed by atoms with Gasteiger partial charge in [0.25, 0.3) is 0 Å².